The Hall–Kier alpha value is -3.44. The lowest BCUT2D eigenvalue weighted by molar-refractivity contribution is -0.116. The third-order valence-corrected chi connectivity index (χ3v) is 5.54. The molecule has 1 amide bonds. The van der Waals surface area contributed by atoms with E-state index in [0.29, 0.717) is 27.0 Å². The minimum Gasteiger partial charge on any atom is -0.434 e. The molecule has 2 N–H and O–H groups in total. The fourth-order valence-electron chi connectivity index (χ4n) is 3.10. The number of hydrogen-bond donors (Lipinski definition) is 2. The van der Waals surface area contributed by atoms with Crippen molar-refractivity contribution in [2.75, 3.05) is 5.32 Å². The molecule has 164 valence electrons. The van der Waals surface area contributed by atoms with Crippen LogP contribution in [0.5, 0.6) is 5.75 Å². The summed E-state index contributed by atoms with van der Waals surface area (Å²) in [7, 11) is 0. The molecule has 0 radical (unpaired) electrons. The number of alkyl halides is 2. The van der Waals surface area contributed by atoms with Gasteiger partial charge in [-0.2, -0.15) is 13.9 Å². The molecule has 4 rings (SSSR count). The Bertz CT molecular complexity index is 1320. The van der Waals surface area contributed by atoms with Gasteiger partial charge in [-0.1, -0.05) is 35.9 Å². The number of anilines is 1. The Morgan fingerprint density at radius 2 is 2.09 bits per heavy atom. The summed E-state index contributed by atoms with van der Waals surface area (Å²) in [5, 5.41) is 11.7. The lowest BCUT2D eigenvalue weighted by Gasteiger charge is -2.08. The van der Waals surface area contributed by atoms with E-state index in [1.165, 1.54) is 17.4 Å². The standard InChI is InChI=1S/C21H17F2N5O2S2/c1-12-5-4-6-13(9-12)18-26-27-21(31)28(18)10-17(29)25-20-24-15(11-32-20)14-7-2-3-8-16(14)30-19(22)23/h2-9,11,19H,10H2,1H3,(H,27,31)(H,24,25,29). The van der Waals surface area contributed by atoms with E-state index in [1.54, 1.807) is 28.1 Å². The fraction of sp³-hybridized carbons (Fsp3) is 0.143. The molecule has 2 heterocycles. The number of carbonyl (C=O) groups excluding carboxylic acids is 1. The summed E-state index contributed by atoms with van der Waals surface area (Å²) in [5.74, 6) is 0.208. The minimum absolute atomic E-state index is 0.0122. The number of H-pyrrole nitrogens is 1. The number of benzene rings is 2. The van der Waals surface area contributed by atoms with Gasteiger partial charge in [0, 0.05) is 16.5 Å². The second-order valence-electron chi connectivity index (χ2n) is 6.77. The zero-order valence-corrected chi connectivity index (χ0v) is 18.3. The molecule has 2 aromatic heterocycles. The molecule has 32 heavy (non-hydrogen) atoms. The molecule has 0 fully saturated rings. The third-order valence-electron chi connectivity index (χ3n) is 4.47. The molecular weight excluding hydrogens is 456 g/mol. The second kappa shape index (κ2) is 9.37. The number of aryl methyl sites for hydroxylation is 1. The highest BCUT2D eigenvalue weighted by atomic mass is 32.1. The van der Waals surface area contributed by atoms with Gasteiger partial charge >= 0.3 is 6.61 Å². The fourth-order valence-corrected chi connectivity index (χ4v) is 4.03. The van der Waals surface area contributed by atoms with Gasteiger partial charge in [-0.05, 0) is 37.3 Å². The zero-order chi connectivity index (χ0) is 22.7. The number of ether oxygens (including phenoxy) is 1. The average molecular weight is 474 g/mol. The van der Waals surface area contributed by atoms with Crippen LogP contribution >= 0.6 is 23.6 Å². The normalized spacial score (nSPS) is 11.0. The van der Waals surface area contributed by atoms with Gasteiger partial charge in [-0.25, -0.2) is 4.98 Å². The SMILES string of the molecule is Cc1cccc(-c2n[nH]c(=S)n2CC(=O)Nc2nc(-c3ccccc3OC(F)F)cs2)c1. The summed E-state index contributed by atoms with van der Waals surface area (Å²) >= 11 is 6.46. The molecule has 7 nitrogen and oxygen atoms in total. The smallest absolute Gasteiger partial charge is 0.387 e. The van der Waals surface area contributed by atoms with E-state index in [2.05, 4.69) is 25.2 Å². The molecule has 0 aliphatic carbocycles. The quantitative estimate of drug-likeness (QED) is 0.357. The van der Waals surface area contributed by atoms with Crippen LogP contribution < -0.4 is 10.1 Å². The summed E-state index contributed by atoms with van der Waals surface area (Å²) in [6, 6.07) is 14.1. The Kier molecular flexibility index (Phi) is 6.37. The van der Waals surface area contributed by atoms with Crippen molar-refractivity contribution in [3.05, 3.63) is 64.2 Å². The summed E-state index contributed by atoms with van der Waals surface area (Å²) in [5.41, 5.74) is 2.71. The number of thiazole rings is 1. The minimum atomic E-state index is -2.95. The number of para-hydroxylation sites is 1. The molecule has 0 aliphatic rings. The van der Waals surface area contributed by atoms with Gasteiger partial charge in [0.1, 0.15) is 12.3 Å². The molecule has 0 bridgehead atoms. The highest BCUT2D eigenvalue weighted by Crippen LogP contribution is 2.33. The maximum atomic E-state index is 12.7. The second-order valence-corrected chi connectivity index (χ2v) is 8.01. The summed E-state index contributed by atoms with van der Waals surface area (Å²) in [6.07, 6.45) is 0. The van der Waals surface area contributed by atoms with Crippen molar-refractivity contribution in [2.45, 2.75) is 20.1 Å². The number of aromatic amines is 1. The molecule has 0 saturated carbocycles. The number of hydrogen-bond acceptors (Lipinski definition) is 6. The Labute approximate surface area is 190 Å². The highest BCUT2D eigenvalue weighted by Gasteiger charge is 2.16. The molecular formula is C21H17F2N5O2S2. The van der Waals surface area contributed by atoms with E-state index in [-0.39, 0.29) is 18.2 Å². The maximum Gasteiger partial charge on any atom is 0.387 e. The van der Waals surface area contributed by atoms with Gasteiger partial charge in [0.05, 0.1) is 5.69 Å². The average Bonchev–Trinajstić information content (AvgIpc) is 3.35. The van der Waals surface area contributed by atoms with E-state index in [0.717, 1.165) is 11.1 Å². The van der Waals surface area contributed by atoms with E-state index in [1.807, 2.05) is 31.2 Å². The van der Waals surface area contributed by atoms with Crippen molar-refractivity contribution in [1.82, 2.24) is 19.7 Å². The number of aromatic nitrogens is 4. The number of rotatable bonds is 7. The van der Waals surface area contributed by atoms with Crippen molar-refractivity contribution in [3.8, 4) is 28.4 Å². The van der Waals surface area contributed by atoms with Crippen LogP contribution in [0.1, 0.15) is 5.56 Å². The maximum absolute atomic E-state index is 12.7. The molecule has 0 saturated heterocycles. The van der Waals surface area contributed by atoms with Gasteiger partial charge in [-0.3, -0.25) is 14.5 Å². The van der Waals surface area contributed by atoms with Crippen molar-refractivity contribution in [2.24, 2.45) is 0 Å². The first-order chi connectivity index (χ1) is 15.4. The van der Waals surface area contributed by atoms with Gasteiger partial charge in [0.2, 0.25) is 5.91 Å². The van der Waals surface area contributed by atoms with E-state index in [4.69, 9.17) is 12.2 Å². The topological polar surface area (TPSA) is 84.8 Å². The number of carbonyl (C=O) groups is 1. The van der Waals surface area contributed by atoms with Crippen LogP contribution in [0.4, 0.5) is 13.9 Å². The molecule has 11 heteroatoms. The monoisotopic (exact) mass is 473 g/mol. The Morgan fingerprint density at radius 1 is 1.28 bits per heavy atom. The first-order valence-corrected chi connectivity index (χ1v) is 10.7. The van der Waals surface area contributed by atoms with E-state index < -0.39 is 6.61 Å². The molecule has 0 spiro atoms. The Morgan fingerprint density at radius 3 is 2.88 bits per heavy atom. The largest absolute Gasteiger partial charge is 0.434 e. The number of nitrogens with one attached hydrogen (secondary N) is 2. The van der Waals surface area contributed by atoms with E-state index in [9.17, 15) is 13.6 Å². The molecule has 4 aromatic rings. The van der Waals surface area contributed by atoms with Crippen LogP contribution in [0.3, 0.4) is 0 Å². The zero-order valence-electron chi connectivity index (χ0n) is 16.7. The van der Waals surface area contributed by atoms with Gasteiger partial charge < -0.3 is 10.1 Å². The van der Waals surface area contributed by atoms with Crippen molar-refractivity contribution < 1.29 is 18.3 Å². The molecule has 0 aliphatic heterocycles. The van der Waals surface area contributed by atoms with Crippen molar-refractivity contribution in [3.63, 3.8) is 0 Å². The van der Waals surface area contributed by atoms with Crippen LogP contribution in [-0.2, 0) is 11.3 Å². The molecule has 0 unspecified atom stereocenters. The Balaban J connectivity index is 1.51. The summed E-state index contributed by atoms with van der Waals surface area (Å²) in [4.78, 5) is 17.0. The molecule has 0 atom stereocenters. The highest BCUT2D eigenvalue weighted by molar-refractivity contribution is 7.71. The van der Waals surface area contributed by atoms with Crippen LogP contribution in [0, 0.1) is 11.7 Å². The van der Waals surface area contributed by atoms with E-state index >= 15 is 0 Å². The lowest BCUT2D eigenvalue weighted by atomic mass is 10.1. The van der Waals surface area contributed by atoms with Gasteiger partial charge in [-0.15, -0.1) is 11.3 Å². The predicted octanol–water partition coefficient (Wildman–Crippen LogP) is 5.28. The first-order valence-electron chi connectivity index (χ1n) is 9.42. The summed E-state index contributed by atoms with van der Waals surface area (Å²) in [6.45, 7) is -1.05. The van der Waals surface area contributed by atoms with Gasteiger partial charge in [0.15, 0.2) is 15.7 Å². The molecule has 2 aromatic carbocycles. The number of amides is 1. The van der Waals surface area contributed by atoms with Gasteiger partial charge in [0.25, 0.3) is 0 Å². The number of nitrogens with zero attached hydrogens (tertiary/aromatic N) is 3. The lowest BCUT2D eigenvalue weighted by Crippen LogP contribution is -2.19. The third kappa shape index (κ3) is 4.89. The predicted molar refractivity (Wildman–Crippen MR) is 120 cm³/mol. The number of halogens is 2. The summed E-state index contributed by atoms with van der Waals surface area (Å²) < 4.78 is 31.8. The van der Waals surface area contributed by atoms with Crippen LogP contribution in [-0.4, -0.2) is 32.3 Å². The van der Waals surface area contributed by atoms with Crippen molar-refractivity contribution in [1.29, 1.82) is 0 Å². The van der Waals surface area contributed by atoms with Crippen LogP contribution in [0.2, 0.25) is 0 Å². The first kappa shape index (κ1) is 21.8. The van der Waals surface area contributed by atoms with Crippen LogP contribution in [0.15, 0.2) is 53.9 Å². The van der Waals surface area contributed by atoms with Crippen LogP contribution in [0.25, 0.3) is 22.6 Å². The van der Waals surface area contributed by atoms with Crippen molar-refractivity contribution >= 4 is 34.6 Å².